The normalized spacial score (nSPS) is 28.0. The lowest BCUT2D eigenvalue weighted by atomic mass is 10.1. The van der Waals surface area contributed by atoms with Gasteiger partial charge in [-0.25, -0.2) is 4.68 Å². The van der Waals surface area contributed by atoms with Crippen molar-refractivity contribution in [1.82, 2.24) is 25.5 Å². The maximum absolute atomic E-state index is 11.8. The van der Waals surface area contributed by atoms with Crippen molar-refractivity contribution >= 4 is 5.91 Å². The average Bonchev–Trinajstić information content (AvgIpc) is 3.33. The third kappa shape index (κ3) is 3.01. The van der Waals surface area contributed by atoms with Crippen LogP contribution in [0.4, 0.5) is 0 Å². The molecule has 2 fully saturated rings. The number of tetrazole rings is 1. The number of nitrogens with zero attached hydrogens (tertiary/aromatic N) is 4. The minimum Gasteiger partial charge on any atom is -0.375 e. The first-order valence-electron chi connectivity index (χ1n) is 8.12. The van der Waals surface area contributed by atoms with Gasteiger partial charge < -0.3 is 19.5 Å². The van der Waals surface area contributed by atoms with Crippen LogP contribution in [0.25, 0.3) is 11.4 Å². The number of carbonyl (C=O) groups is 1. The Morgan fingerprint density at radius 3 is 2.88 bits per heavy atom. The SMILES string of the molecule is COCC(=O)N[C@@H]1CO[C@@H]2[C@@H]1OC[C@@H]2n1nnnc1-c1ccccc1. The van der Waals surface area contributed by atoms with Crippen LogP contribution in [-0.4, -0.2) is 71.3 Å². The Morgan fingerprint density at radius 1 is 1.28 bits per heavy atom. The lowest BCUT2D eigenvalue weighted by Crippen LogP contribution is -2.45. The second-order valence-electron chi connectivity index (χ2n) is 6.08. The summed E-state index contributed by atoms with van der Waals surface area (Å²) >= 11 is 0. The summed E-state index contributed by atoms with van der Waals surface area (Å²) in [6.45, 7) is 0.837. The molecule has 0 radical (unpaired) electrons. The quantitative estimate of drug-likeness (QED) is 0.801. The molecule has 9 nitrogen and oxygen atoms in total. The van der Waals surface area contributed by atoms with Crippen molar-refractivity contribution in [2.45, 2.75) is 24.3 Å². The highest BCUT2D eigenvalue weighted by atomic mass is 16.6. The van der Waals surface area contributed by atoms with E-state index in [2.05, 4.69) is 20.8 Å². The minimum atomic E-state index is -0.223. The summed E-state index contributed by atoms with van der Waals surface area (Å²) in [5.74, 6) is 0.488. The number of hydrogen-bond acceptors (Lipinski definition) is 7. The van der Waals surface area contributed by atoms with Crippen molar-refractivity contribution in [2.24, 2.45) is 0 Å². The molecule has 0 aliphatic carbocycles. The van der Waals surface area contributed by atoms with Crippen molar-refractivity contribution in [3.63, 3.8) is 0 Å². The van der Waals surface area contributed by atoms with Gasteiger partial charge in [0.25, 0.3) is 0 Å². The zero-order chi connectivity index (χ0) is 17.2. The van der Waals surface area contributed by atoms with Gasteiger partial charge in [-0.2, -0.15) is 0 Å². The highest BCUT2D eigenvalue weighted by Crippen LogP contribution is 2.35. The summed E-state index contributed by atoms with van der Waals surface area (Å²) in [6.07, 6.45) is -0.433. The summed E-state index contributed by atoms with van der Waals surface area (Å²) in [4.78, 5) is 11.8. The van der Waals surface area contributed by atoms with Gasteiger partial charge >= 0.3 is 0 Å². The van der Waals surface area contributed by atoms with Crippen LogP contribution in [0.5, 0.6) is 0 Å². The van der Waals surface area contributed by atoms with Gasteiger partial charge in [0.2, 0.25) is 5.91 Å². The van der Waals surface area contributed by atoms with Crippen LogP contribution in [0, 0.1) is 0 Å². The van der Waals surface area contributed by atoms with Gasteiger partial charge in [-0.05, 0) is 10.4 Å². The monoisotopic (exact) mass is 345 g/mol. The van der Waals surface area contributed by atoms with E-state index in [-0.39, 0.29) is 36.8 Å². The van der Waals surface area contributed by atoms with Gasteiger partial charge in [0.1, 0.15) is 24.9 Å². The van der Waals surface area contributed by atoms with E-state index in [4.69, 9.17) is 14.2 Å². The summed E-state index contributed by atoms with van der Waals surface area (Å²) in [5, 5.41) is 15.0. The number of fused-ring (bicyclic) bond motifs is 1. The zero-order valence-electron chi connectivity index (χ0n) is 13.7. The van der Waals surface area contributed by atoms with Crippen LogP contribution >= 0.6 is 0 Å². The fourth-order valence-electron chi connectivity index (χ4n) is 3.39. The largest absolute Gasteiger partial charge is 0.375 e. The van der Waals surface area contributed by atoms with Crippen LogP contribution in [0.2, 0.25) is 0 Å². The Kier molecular flexibility index (Phi) is 4.43. The number of carbonyl (C=O) groups excluding carboxylic acids is 1. The first-order valence-corrected chi connectivity index (χ1v) is 8.12. The lowest BCUT2D eigenvalue weighted by molar-refractivity contribution is -0.126. The fraction of sp³-hybridized carbons (Fsp3) is 0.500. The molecule has 2 aliphatic heterocycles. The third-order valence-electron chi connectivity index (χ3n) is 4.49. The zero-order valence-corrected chi connectivity index (χ0v) is 13.7. The number of ether oxygens (including phenoxy) is 3. The van der Waals surface area contributed by atoms with E-state index < -0.39 is 0 Å². The van der Waals surface area contributed by atoms with E-state index >= 15 is 0 Å². The predicted molar refractivity (Wildman–Crippen MR) is 85.6 cm³/mol. The number of rotatable bonds is 5. The molecule has 2 saturated heterocycles. The highest BCUT2D eigenvalue weighted by molar-refractivity contribution is 5.77. The summed E-state index contributed by atoms with van der Waals surface area (Å²) in [5.41, 5.74) is 0.930. The molecule has 0 unspecified atom stereocenters. The molecule has 2 aromatic rings. The molecule has 25 heavy (non-hydrogen) atoms. The number of amides is 1. The van der Waals surface area contributed by atoms with Crippen LogP contribution in [0.1, 0.15) is 6.04 Å². The van der Waals surface area contributed by atoms with E-state index in [0.717, 1.165) is 5.56 Å². The molecule has 4 rings (SSSR count). The molecular formula is C16H19N5O4. The topological polar surface area (TPSA) is 100 Å². The van der Waals surface area contributed by atoms with Gasteiger partial charge in [0.05, 0.1) is 19.3 Å². The predicted octanol–water partition coefficient (Wildman–Crippen LogP) is -0.190. The van der Waals surface area contributed by atoms with Crippen molar-refractivity contribution in [3.8, 4) is 11.4 Å². The molecule has 1 N–H and O–H groups in total. The molecule has 1 amide bonds. The third-order valence-corrected chi connectivity index (χ3v) is 4.49. The van der Waals surface area contributed by atoms with Crippen molar-refractivity contribution < 1.29 is 19.0 Å². The number of methoxy groups -OCH3 is 1. The molecular weight excluding hydrogens is 326 g/mol. The van der Waals surface area contributed by atoms with Gasteiger partial charge in [-0.15, -0.1) is 5.10 Å². The Morgan fingerprint density at radius 2 is 2.08 bits per heavy atom. The molecule has 2 aliphatic rings. The summed E-state index contributed by atoms with van der Waals surface area (Å²) in [6, 6.07) is 9.40. The average molecular weight is 345 g/mol. The molecule has 9 heteroatoms. The van der Waals surface area contributed by atoms with Gasteiger partial charge in [0, 0.05) is 12.7 Å². The fourth-order valence-corrected chi connectivity index (χ4v) is 3.39. The van der Waals surface area contributed by atoms with Crippen molar-refractivity contribution in [1.29, 1.82) is 0 Å². The summed E-state index contributed by atoms with van der Waals surface area (Å²) in [7, 11) is 1.48. The van der Waals surface area contributed by atoms with Crippen LogP contribution in [0.3, 0.4) is 0 Å². The smallest absolute Gasteiger partial charge is 0.246 e. The van der Waals surface area contributed by atoms with E-state index in [9.17, 15) is 4.79 Å². The van der Waals surface area contributed by atoms with Crippen LogP contribution in [-0.2, 0) is 19.0 Å². The molecule has 0 bridgehead atoms. The molecule has 1 aromatic carbocycles. The van der Waals surface area contributed by atoms with Crippen LogP contribution in [0.15, 0.2) is 30.3 Å². The minimum absolute atomic E-state index is 0.0163. The van der Waals surface area contributed by atoms with Crippen LogP contribution < -0.4 is 5.32 Å². The van der Waals surface area contributed by atoms with E-state index in [1.807, 2.05) is 30.3 Å². The Labute approximate surface area is 144 Å². The number of benzene rings is 1. The molecule has 1 aromatic heterocycles. The van der Waals surface area contributed by atoms with E-state index in [1.54, 1.807) is 4.68 Å². The van der Waals surface area contributed by atoms with Gasteiger partial charge in [-0.3, -0.25) is 4.79 Å². The number of aromatic nitrogens is 4. The summed E-state index contributed by atoms with van der Waals surface area (Å²) < 4.78 is 18.4. The maximum Gasteiger partial charge on any atom is 0.246 e. The van der Waals surface area contributed by atoms with Gasteiger partial charge in [-0.1, -0.05) is 30.3 Å². The Hall–Kier alpha value is -2.36. The van der Waals surface area contributed by atoms with E-state index in [0.29, 0.717) is 19.0 Å². The Balaban J connectivity index is 1.52. The van der Waals surface area contributed by atoms with Crippen molar-refractivity contribution in [3.05, 3.63) is 30.3 Å². The Bertz CT molecular complexity index is 737. The maximum atomic E-state index is 11.8. The second kappa shape index (κ2) is 6.87. The first kappa shape index (κ1) is 16.1. The molecule has 0 saturated carbocycles. The number of hydrogen-bond donors (Lipinski definition) is 1. The standard InChI is InChI=1S/C16H19N5O4/c1-23-9-13(22)17-11-7-24-15-12(8-25-14(11)15)21-16(18-19-20-21)10-5-3-2-4-6-10/h2-6,11-12,14-15H,7-9H2,1H3,(H,17,22)/t11-,12+,14-,15+/m1/s1. The molecule has 4 atom stereocenters. The highest BCUT2D eigenvalue weighted by Gasteiger charge is 2.50. The second-order valence-corrected chi connectivity index (χ2v) is 6.08. The first-order chi connectivity index (χ1) is 12.3. The molecule has 0 spiro atoms. The lowest BCUT2D eigenvalue weighted by Gasteiger charge is -2.18. The molecule has 3 heterocycles. The molecule has 132 valence electrons. The van der Waals surface area contributed by atoms with Gasteiger partial charge in [0.15, 0.2) is 5.82 Å². The van der Waals surface area contributed by atoms with E-state index in [1.165, 1.54) is 7.11 Å². The van der Waals surface area contributed by atoms with Crippen molar-refractivity contribution in [2.75, 3.05) is 26.9 Å². The number of nitrogens with one attached hydrogen (secondary N) is 1.